The van der Waals surface area contributed by atoms with Gasteiger partial charge in [-0.25, -0.2) is 23.7 Å². The van der Waals surface area contributed by atoms with E-state index in [0.717, 1.165) is 57.4 Å². The lowest BCUT2D eigenvalue weighted by molar-refractivity contribution is 0.0795. The molecule has 0 bridgehead atoms. The third-order valence-corrected chi connectivity index (χ3v) is 5.76. The van der Waals surface area contributed by atoms with Crippen molar-refractivity contribution in [3.05, 3.63) is 42.2 Å². The summed E-state index contributed by atoms with van der Waals surface area (Å²) in [5.41, 5.74) is 2.93. The van der Waals surface area contributed by atoms with Crippen molar-refractivity contribution in [3.8, 4) is 5.88 Å². The second-order valence-corrected chi connectivity index (χ2v) is 7.72. The summed E-state index contributed by atoms with van der Waals surface area (Å²) in [7, 11) is 0. The van der Waals surface area contributed by atoms with Gasteiger partial charge in [-0.05, 0) is 18.2 Å². The molecule has 0 atom stereocenters. The Kier molecular flexibility index (Phi) is 5.65. The molecule has 164 valence electrons. The van der Waals surface area contributed by atoms with Gasteiger partial charge in [0.15, 0.2) is 6.61 Å². The minimum Gasteiger partial charge on any atom is -0.471 e. The molecule has 0 saturated carbocycles. The maximum atomic E-state index is 12.6. The highest BCUT2D eigenvalue weighted by atomic mass is 19.3. The standard InChI is InChI=1S/C21H24F2N6O2/c22-19(23)12-31-21-17-9-15(1-2-18(17)25-14-26-21)28-5-3-27(4-6-28)11-16-10-24-20-13-30-8-7-29(16)20/h1-2,9-10,14,19H,3-8,11-13H2. The average molecular weight is 430 g/mol. The molecule has 0 amide bonds. The van der Waals surface area contributed by atoms with E-state index in [4.69, 9.17) is 9.47 Å². The third kappa shape index (κ3) is 4.31. The number of ether oxygens (including phenoxy) is 2. The SMILES string of the molecule is FC(F)COc1ncnc2ccc(N3CCN(Cc4cnc5n4CCOC5)CC3)cc12. The zero-order chi connectivity index (χ0) is 21.2. The summed E-state index contributed by atoms with van der Waals surface area (Å²) in [5.74, 6) is 1.20. The molecular weight excluding hydrogens is 406 g/mol. The van der Waals surface area contributed by atoms with Crippen molar-refractivity contribution in [2.24, 2.45) is 0 Å². The normalized spacial score (nSPS) is 17.3. The fourth-order valence-corrected chi connectivity index (χ4v) is 4.16. The summed E-state index contributed by atoms with van der Waals surface area (Å²) >= 11 is 0. The number of nitrogens with zero attached hydrogens (tertiary/aromatic N) is 6. The second-order valence-electron chi connectivity index (χ2n) is 7.72. The van der Waals surface area contributed by atoms with Crippen LogP contribution in [0.15, 0.2) is 30.7 Å². The topological polar surface area (TPSA) is 68.5 Å². The van der Waals surface area contributed by atoms with Gasteiger partial charge < -0.3 is 18.9 Å². The molecule has 0 unspecified atom stereocenters. The molecule has 0 N–H and O–H groups in total. The number of hydrogen-bond acceptors (Lipinski definition) is 7. The molecule has 1 aromatic carbocycles. The third-order valence-electron chi connectivity index (χ3n) is 5.76. The van der Waals surface area contributed by atoms with Crippen molar-refractivity contribution in [1.82, 2.24) is 24.4 Å². The first kappa shape index (κ1) is 20.1. The van der Waals surface area contributed by atoms with Crippen LogP contribution in [-0.2, 0) is 24.4 Å². The first-order valence-electron chi connectivity index (χ1n) is 10.4. The maximum absolute atomic E-state index is 12.6. The van der Waals surface area contributed by atoms with Crippen molar-refractivity contribution in [2.75, 3.05) is 44.3 Å². The molecule has 0 aliphatic carbocycles. The minimum atomic E-state index is -2.55. The second kappa shape index (κ2) is 8.72. The average Bonchev–Trinajstić information content (AvgIpc) is 3.20. The van der Waals surface area contributed by atoms with Gasteiger partial charge in [0.1, 0.15) is 18.8 Å². The fourth-order valence-electron chi connectivity index (χ4n) is 4.16. The van der Waals surface area contributed by atoms with E-state index in [9.17, 15) is 8.78 Å². The number of hydrogen-bond donors (Lipinski definition) is 0. The van der Waals surface area contributed by atoms with Gasteiger partial charge in [0, 0.05) is 51.2 Å². The largest absolute Gasteiger partial charge is 0.471 e. The molecular formula is C21H24F2N6O2. The van der Waals surface area contributed by atoms with E-state index in [2.05, 4.69) is 29.3 Å². The molecule has 0 radical (unpaired) electrons. The molecule has 2 aromatic heterocycles. The van der Waals surface area contributed by atoms with Crippen LogP contribution in [0.1, 0.15) is 11.5 Å². The van der Waals surface area contributed by atoms with Gasteiger partial charge in [-0.1, -0.05) is 0 Å². The van der Waals surface area contributed by atoms with E-state index in [-0.39, 0.29) is 5.88 Å². The van der Waals surface area contributed by atoms with Gasteiger partial charge >= 0.3 is 0 Å². The van der Waals surface area contributed by atoms with Crippen molar-refractivity contribution >= 4 is 16.6 Å². The highest BCUT2D eigenvalue weighted by Crippen LogP contribution is 2.28. The van der Waals surface area contributed by atoms with E-state index < -0.39 is 13.0 Å². The molecule has 8 nitrogen and oxygen atoms in total. The predicted molar refractivity (Wildman–Crippen MR) is 110 cm³/mol. The van der Waals surface area contributed by atoms with Crippen LogP contribution in [0.4, 0.5) is 14.5 Å². The summed E-state index contributed by atoms with van der Waals surface area (Å²) in [4.78, 5) is 17.5. The lowest BCUT2D eigenvalue weighted by atomic mass is 10.2. The Hall–Kier alpha value is -2.85. The zero-order valence-electron chi connectivity index (χ0n) is 17.1. The Morgan fingerprint density at radius 3 is 2.77 bits per heavy atom. The van der Waals surface area contributed by atoms with Crippen LogP contribution >= 0.6 is 0 Å². The predicted octanol–water partition coefficient (Wildman–Crippen LogP) is 2.32. The number of anilines is 1. The number of aromatic nitrogens is 4. The van der Waals surface area contributed by atoms with Gasteiger partial charge in [0.25, 0.3) is 6.43 Å². The number of benzene rings is 1. The lowest BCUT2D eigenvalue weighted by Gasteiger charge is -2.36. The van der Waals surface area contributed by atoms with Crippen molar-refractivity contribution in [3.63, 3.8) is 0 Å². The molecule has 2 aliphatic heterocycles. The van der Waals surface area contributed by atoms with Gasteiger partial charge in [-0.15, -0.1) is 0 Å². The first-order valence-corrected chi connectivity index (χ1v) is 10.4. The van der Waals surface area contributed by atoms with Crippen LogP contribution in [0.3, 0.4) is 0 Å². The van der Waals surface area contributed by atoms with Crippen LogP contribution < -0.4 is 9.64 Å². The number of fused-ring (bicyclic) bond motifs is 2. The minimum absolute atomic E-state index is 0.195. The van der Waals surface area contributed by atoms with Gasteiger partial charge in [0.2, 0.25) is 5.88 Å². The Labute approximate surface area is 178 Å². The van der Waals surface area contributed by atoms with E-state index in [1.165, 1.54) is 12.0 Å². The monoisotopic (exact) mass is 430 g/mol. The highest BCUT2D eigenvalue weighted by molar-refractivity contribution is 5.86. The Morgan fingerprint density at radius 1 is 1.06 bits per heavy atom. The molecule has 1 fully saturated rings. The molecule has 3 aromatic rings. The van der Waals surface area contributed by atoms with E-state index in [1.807, 2.05) is 24.4 Å². The van der Waals surface area contributed by atoms with Crippen LogP contribution in [0.2, 0.25) is 0 Å². The number of alkyl halides is 2. The molecule has 10 heteroatoms. The van der Waals surface area contributed by atoms with Crippen molar-refractivity contribution < 1.29 is 18.3 Å². The van der Waals surface area contributed by atoms with Gasteiger partial charge in [-0.2, -0.15) is 0 Å². The van der Waals surface area contributed by atoms with Crippen LogP contribution in [0.25, 0.3) is 10.9 Å². The number of piperazine rings is 1. The number of rotatable bonds is 6. The quantitative estimate of drug-likeness (QED) is 0.595. The van der Waals surface area contributed by atoms with E-state index in [1.54, 1.807) is 0 Å². The smallest absolute Gasteiger partial charge is 0.272 e. The summed E-state index contributed by atoms with van der Waals surface area (Å²) < 4.78 is 38.1. The Balaban J connectivity index is 1.26. The molecule has 4 heterocycles. The van der Waals surface area contributed by atoms with Gasteiger partial charge in [0.05, 0.1) is 23.2 Å². The fraction of sp³-hybridized carbons (Fsp3) is 0.476. The molecule has 0 spiro atoms. The molecule has 2 aliphatic rings. The lowest BCUT2D eigenvalue weighted by Crippen LogP contribution is -2.46. The first-order chi connectivity index (χ1) is 15.2. The highest BCUT2D eigenvalue weighted by Gasteiger charge is 2.21. The summed E-state index contributed by atoms with van der Waals surface area (Å²) in [6, 6.07) is 5.82. The summed E-state index contributed by atoms with van der Waals surface area (Å²) in [5, 5.41) is 0.649. The Morgan fingerprint density at radius 2 is 1.94 bits per heavy atom. The molecule has 1 saturated heterocycles. The van der Waals surface area contributed by atoms with Crippen molar-refractivity contribution in [2.45, 2.75) is 26.1 Å². The maximum Gasteiger partial charge on any atom is 0.272 e. The van der Waals surface area contributed by atoms with Crippen LogP contribution in [-0.4, -0.2) is 70.2 Å². The number of halogens is 2. The van der Waals surface area contributed by atoms with E-state index in [0.29, 0.717) is 17.5 Å². The molecule has 31 heavy (non-hydrogen) atoms. The van der Waals surface area contributed by atoms with Crippen molar-refractivity contribution in [1.29, 1.82) is 0 Å². The van der Waals surface area contributed by atoms with Gasteiger partial charge in [-0.3, -0.25) is 4.90 Å². The molecule has 5 rings (SSSR count). The van der Waals surface area contributed by atoms with Crippen LogP contribution in [0.5, 0.6) is 5.88 Å². The Bertz CT molecular complexity index is 1050. The summed E-state index contributed by atoms with van der Waals surface area (Å²) in [6.45, 7) is 5.97. The summed E-state index contributed by atoms with van der Waals surface area (Å²) in [6.07, 6.45) is 0.749. The van der Waals surface area contributed by atoms with Crippen LogP contribution in [0, 0.1) is 0 Å². The van der Waals surface area contributed by atoms with E-state index >= 15 is 0 Å². The zero-order valence-corrected chi connectivity index (χ0v) is 17.1. The number of imidazole rings is 1.